The van der Waals surface area contributed by atoms with E-state index in [2.05, 4.69) is 20.6 Å². The maximum absolute atomic E-state index is 12.3. The maximum Gasteiger partial charge on any atom is 0.274 e. The van der Waals surface area contributed by atoms with Gasteiger partial charge in [0.25, 0.3) is 10.1 Å². The van der Waals surface area contributed by atoms with E-state index in [-0.39, 0.29) is 23.8 Å². The number of rotatable bonds is 3. The second-order valence-electron chi connectivity index (χ2n) is 8.18. The number of hydrogen-bond acceptors (Lipinski definition) is 6. The molecule has 0 saturated carbocycles. The Kier molecular flexibility index (Phi) is 4.66. The zero-order valence-electron chi connectivity index (χ0n) is 17.5. The average Bonchev–Trinajstić information content (AvgIpc) is 3.24. The lowest BCUT2D eigenvalue weighted by Gasteiger charge is -2.26. The number of nitrogens with one attached hydrogen (secondary N) is 4. The normalized spacial score (nSPS) is 24.2. The summed E-state index contributed by atoms with van der Waals surface area (Å²) in [6.07, 6.45) is 2.97. The highest BCUT2D eigenvalue weighted by molar-refractivity contribution is 7.87. The lowest BCUT2D eigenvalue weighted by molar-refractivity contribution is 0.449. The molecular weight excluding hydrogens is 440 g/mol. The topological polar surface area (TPSA) is 151 Å². The molecule has 166 valence electrons. The molecule has 0 amide bonds. The smallest absolute Gasteiger partial charge is 0.274 e. The third-order valence-electron chi connectivity index (χ3n) is 5.78. The van der Waals surface area contributed by atoms with E-state index in [0.717, 1.165) is 11.1 Å². The number of amidine groups is 4. The first-order valence-electron chi connectivity index (χ1n) is 10.1. The molecule has 1 aliphatic carbocycles. The maximum atomic E-state index is 12.3. The summed E-state index contributed by atoms with van der Waals surface area (Å²) in [4.78, 5) is 9.16. The van der Waals surface area contributed by atoms with Crippen molar-refractivity contribution in [2.24, 2.45) is 9.98 Å². The third kappa shape index (κ3) is 3.59. The summed E-state index contributed by atoms with van der Waals surface area (Å²) in [6, 6.07) is 14.6. The van der Waals surface area contributed by atoms with Crippen LogP contribution in [0.25, 0.3) is 0 Å². The van der Waals surface area contributed by atoms with Crippen molar-refractivity contribution in [2.75, 3.05) is 0 Å². The Balaban J connectivity index is 1.60. The molecule has 2 aliphatic heterocycles. The number of allylic oxidation sites excluding steroid dienone is 2. The first-order chi connectivity index (χ1) is 15.6. The summed E-state index contributed by atoms with van der Waals surface area (Å²) in [5, 5.41) is 22.1. The Hall–Kier alpha value is -3.89. The van der Waals surface area contributed by atoms with E-state index < -0.39 is 14.9 Å². The van der Waals surface area contributed by atoms with Gasteiger partial charge in [0.05, 0.1) is 5.70 Å². The van der Waals surface area contributed by atoms with Gasteiger partial charge in [-0.3, -0.25) is 15.4 Å². The van der Waals surface area contributed by atoms with Gasteiger partial charge in [0.1, 0.15) is 28.1 Å². The van der Waals surface area contributed by atoms with Crippen LogP contribution >= 0.6 is 0 Å². The van der Waals surface area contributed by atoms with E-state index >= 15 is 0 Å². The van der Waals surface area contributed by atoms with E-state index in [0.29, 0.717) is 28.5 Å². The SMILES string of the molecule is CC1(S(=O)(=O)O)C=C(/N=C2/NC(=N)c3ccccc32)C=C(/N=C2\NC(=N)c3ccccc32)C1. The van der Waals surface area contributed by atoms with Crippen LogP contribution in [0.2, 0.25) is 0 Å². The Labute approximate surface area is 190 Å². The molecule has 3 aliphatic rings. The summed E-state index contributed by atoms with van der Waals surface area (Å²) in [7, 11) is -4.48. The largest absolute Gasteiger partial charge is 0.324 e. The van der Waals surface area contributed by atoms with E-state index in [1.165, 1.54) is 13.0 Å². The lowest BCUT2D eigenvalue weighted by Crippen LogP contribution is -2.35. The molecule has 2 aromatic carbocycles. The van der Waals surface area contributed by atoms with Gasteiger partial charge in [-0.1, -0.05) is 48.5 Å². The van der Waals surface area contributed by atoms with Crippen molar-refractivity contribution in [2.45, 2.75) is 18.1 Å². The molecule has 1 unspecified atom stereocenters. The summed E-state index contributed by atoms with van der Waals surface area (Å²) in [5.41, 5.74) is 3.52. The molecule has 0 fully saturated rings. The molecule has 33 heavy (non-hydrogen) atoms. The van der Waals surface area contributed by atoms with Crippen LogP contribution in [0.4, 0.5) is 0 Å². The second-order valence-corrected chi connectivity index (χ2v) is 10.1. The summed E-state index contributed by atoms with van der Waals surface area (Å²) >= 11 is 0. The van der Waals surface area contributed by atoms with Gasteiger partial charge >= 0.3 is 0 Å². The molecule has 0 saturated heterocycles. The molecule has 9 nitrogen and oxygen atoms in total. The predicted octanol–water partition coefficient (Wildman–Crippen LogP) is 2.56. The Morgan fingerprint density at radius 2 is 1.36 bits per heavy atom. The number of nitrogens with zero attached hydrogens (tertiary/aromatic N) is 2. The van der Waals surface area contributed by atoms with Crippen molar-refractivity contribution in [3.8, 4) is 0 Å². The highest BCUT2D eigenvalue weighted by Crippen LogP contribution is 2.34. The van der Waals surface area contributed by atoms with Gasteiger partial charge in [0.2, 0.25) is 0 Å². The van der Waals surface area contributed by atoms with Crippen LogP contribution in [0, 0.1) is 10.8 Å². The van der Waals surface area contributed by atoms with Crippen molar-refractivity contribution in [1.82, 2.24) is 10.6 Å². The fourth-order valence-electron chi connectivity index (χ4n) is 4.06. The van der Waals surface area contributed by atoms with Crippen LogP contribution in [0.1, 0.15) is 35.6 Å². The molecule has 0 aromatic heterocycles. The van der Waals surface area contributed by atoms with Crippen LogP contribution in [-0.2, 0) is 10.1 Å². The van der Waals surface area contributed by atoms with Crippen LogP contribution < -0.4 is 10.6 Å². The molecule has 10 heteroatoms. The quantitative estimate of drug-likeness (QED) is 0.446. The zero-order chi connectivity index (χ0) is 23.4. The molecule has 0 spiro atoms. The van der Waals surface area contributed by atoms with E-state index in [9.17, 15) is 13.0 Å². The minimum atomic E-state index is -4.48. The van der Waals surface area contributed by atoms with Gasteiger partial charge in [-0.15, -0.1) is 0 Å². The number of benzene rings is 2. The van der Waals surface area contributed by atoms with Gasteiger partial charge < -0.3 is 10.6 Å². The minimum absolute atomic E-state index is 0.0687. The fraction of sp³-hybridized carbons (Fsp3) is 0.130. The summed E-state index contributed by atoms with van der Waals surface area (Å²) < 4.78 is 32.8. The van der Waals surface area contributed by atoms with Gasteiger partial charge in [-0.2, -0.15) is 8.42 Å². The third-order valence-corrected chi connectivity index (χ3v) is 7.22. The molecule has 2 heterocycles. The zero-order valence-corrected chi connectivity index (χ0v) is 18.4. The number of aliphatic imine (C=N–C) groups is 2. The summed E-state index contributed by atoms with van der Waals surface area (Å²) in [5.74, 6) is 1.25. The molecule has 1 atom stereocenters. The van der Waals surface area contributed by atoms with Gasteiger partial charge in [-0.25, -0.2) is 9.98 Å². The van der Waals surface area contributed by atoms with Crippen LogP contribution in [0.3, 0.4) is 0 Å². The summed E-state index contributed by atoms with van der Waals surface area (Å²) in [6.45, 7) is 1.41. The average molecular weight is 461 g/mol. The molecule has 0 radical (unpaired) electrons. The van der Waals surface area contributed by atoms with Crippen LogP contribution in [0.5, 0.6) is 0 Å². The first kappa shape index (κ1) is 21.0. The van der Waals surface area contributed by atoms with Crippen LogP contribution in [-0.4, -0.2) is 41.1 Å². The van der Waals surface area contributed by atoms with Crippen molar-refractivity contribution >= 4 is 33.5 Å². The molecular formula is C23H20N6O3S. The number of fused-ring (bicyclic) bond motifs is 2. The van der Waals surface area contributed by atoms with Crippen molar-refractivity contribution in [1.29, 1.82) is 10.8 Å². The minimum Gasteiger partial charge on any atom is -0.324 e. The number of hydrogen-bond donors (Lipinski definition) is 5. The Bertz CT molecular complexity index is 1470. The second kappa shape index (κ2) is 7.32. The highest BCUT2D eigenvalue weighted by atomic mass is 32.2. The molecule has 5 rings (SSSR count). The van der Waals surface area contributed by atoms with E-state index in [1.807, 2.05) is 36.4 Å². The van der Waals surface area contributed by atoms with Crippen LogP contribution in [0.15, 0.2) is 82.1 Å². The van der Waals surface area contributed by atoms with Crippen molar-refractivity contribution < 1.29 is 13.0 Å². The Morgan fingerprint density at radius 1 is 0.879 bits per heavy atom. The lowest BCUT2D eigenvalue weighted by atomic mass is 9.97. The van der Waals surface area contributed by atoms with Gasteiger partial charge in [-0.05, 0) is 19.1 Å². The van der Waals surface area contributed by atoms with Gasteiger partial charge in [0, 0.05) is 34.4 Å². The predicted molar refractivity (Wildman–Crippen MR) is 127 cm³/mol. The Morgan fingerprint density at radius 3 is 1.88 bits per heavy atom. The molecule has 2 aromatic rings. The van der Waals surface area contributed by atoms with Crippen molar-refractivity contribution in [3.05, 3.63) is 94.3 Å². The fourth-order valence-corrected chi connectivity index (χ4v) is 4.66. The van der Waals surface area contributed by atoms with E-state index in [1.54, 1.807) is 18.2 Å². The standard InChI is InChI=1S/C23H20N6O3S/c1-23(33(30,31)32)11-13(26-21-17-8-4-2-6-15(17)19(24)28-21)10-14(12-23)27-22-18-9-5-3-7-16(18)20(25)29-22/h2-11H,12H2,1H3,(H2,24,26,28)(H2,25,27,29)(H,30,31,32). The molecule has 0 bridgehead atoms. The van der Waals surface area contributed by atoms with E-state index in [4.69, 9.17) is 10.8 Å². The first-order valence-corrected chi connectivity index (χ1v) is 11.6. The van der Waals surface area contributed by atoms with Gasteiger partial charge in [0.15, 0.2) is 0 Å². The highest BCUT2D eigenvalue weighted by Gasteiger charge is 2.40. The van der Waals surface area contributed by atoms with Crippen molar-refractivity contribution in [3.63, 3.8) is 0 Å². The monoisotopic (exact) mass is 460 g/mol. The molecule has 5 N–H and O–H groups in total.